The van der Waals surface area contributed by atoms with Gasteiger partial charge in [0.1, 0.15) is 12.1 Å². The van der Waals surface area contributed by atoms with Gasteiger partial charge in [0.2, 0.25) is 5.95 Å². The van der Waals surface area contributed by atoms with E-state index >= 15 is 0 Å². The maximum atomic E-state index is 4.54. The molecule has 1 fully saturated rings. The predicted molar refractivity (Wildman–Crippen MR) is 108 cm³/mol. The zero-order chi connectivity index (χ0) is 18.8. The summed E-state index contributed by atoms with van der Waals surface area (Å²) >= 11 is 0. The van der Waals surface area contributed by atoms with Gasteiger partial charge in [-0.05, 0) is 49.9 Å². The van der Waals surface area contributed by atoms with Crippen LogP contribution < -0.4 is 10.6 Å². The molecule has 2 aromatic heterocycles. The van der Waals surface area contributed by atoms with E-state index in [1.165, 1.54) is 18.4 Å². The van der Waals surface area contributed by atoms with E-state index in [4.69, 9.17) is 0 Å². The first-order valence-corrected chi connectivity index (χ1v) is 9.42. The Balaban J connectivity index is 1.69. The number of hydrogen-bond acceptors (Lipinski definition) is 6. The van der Waals surface area contributed by atoms with Crippen LogP contribution in [0.2, 0.25) is 0 Å². The van der Waals surface area contributed by atoms with Gasteiger partial charge in [-0.15, -0.1) is 0 Å². The van der Waals surface area contributed by atoms with Crippen LogP contribution in [0, 0.1) is 6.92 Å². The molecule has 4 rings (SSSR count). The van der Waals surface area contributed by atoms with Crippen LogP contribution >= 0.6 is 0 Å². The van der Waals surface area contributed by atoms with Crippen LogP contribution in [0.1, 0.15) is 42.6 Å². The van der Waals surface area contributed by atoms with Crippen molar-refractivity contribution in [3.05, 3.63) is 53.6 Å². The average molecular weight is 360 g/mol. The lowest BCUT2D eigenvalue weighted by Gasteiger charge is -2.13. The molecule has 0 unspecified atom stereocenters. The van der Waals surface area contributed by atoms with Crippen LogP contribution in [0.25, 0.3) is 11.3 Å². The van der Waals surface area contributed by atoms with E-state index in [0.29, 0.717) is 11.9 Å². The average Bonchev–Trinajstić information content (AvgIpc) is 3.53. The summed E-state index contributed by atoms with van der Waals surface area (Å²) in [6, 6.07) is 10.4. The van der Waals surface area contributed by atoms with Gasteiger partial charge in [0.05, 0.1) is 5.69 Å². The molecule has 3 aromatic rings. The molecule has 0 spiro atoms. The van der Waals surface area contributed by atoms with Crippen molar-refractivity contribution in [2.45, 2.75) is 39.0 Å². The van der Waals surface area contributed by atoms with Gasteiger partial charge >= 0.3 is 0 Å². The van der Waals surface area contributed by atoms with E-state index in [2.05, 4.69) is 61.8 Å². The fourth-order valence-electron chi connectivity index (χ4n) is 3.20. The highest BCUT2D eigenvalue weighted by Crippen LogP contribution is 2.40. The minimum Gasteiger partial charge on any atom is -0.373 e. The fourth-order valence-corrected chi connectivity index (χ4v) is 3.20. The summed E-state index contributed by atoms with van der Waals surface area (Å²) in [6.45, 7) is 4.12. The summed E-state index contributed by atoms with van der Waals surface area (Å²) in [5, 5.41) is 6.39. The van der Waals surface area contributed by atoms with E-state index in [1.54, 1.807) is 6.33 Å². The van der Waals surface area contributed by atoms with Gasteiger partial charge in [-0.25, -0.2) is 15.0 Å². The molecular formula is C21H24N6. The lowest BCUT2D eigenvalue weighted by molar-refractivity contribution is 0.988. The van der Waals surface area contributed by atoms with Gasteiger partial charge in [0.25, 0.3) is 0 Å². The Morgan fingerprint density at radius 2 is 1.93 bits per heavy atom. The topological polar surface area (TPSA) is 75.6 Å². The molecule has 0 amide bonds. The summed E-state index contributed by atoms with van der Waals surface area (Å²) in [5.41, 5.74) is 6.39. The maximum absolute atomic E-state index is 4.54. The molecule has 0 bridgehead atoms. The van der Waals surface area contributed by atoms with E-state index in [1.807, 2.05) is 20.0 Å². The second-order valence-electron chi connectivity index (χ2n) is 6.92. The molecule has 2 heterocycles. The van der Waals surface area contributed by atoms with Gasteiger partial charge in [-0.3, -0.25) is 0 Å². The van der Waals surface area contributed by atoms with Gasteiger partial charge < -0.3 is 10.6 Å². The number of benzene rings is 1. The first-order valence-electron chi connectivity index (χ1n) is 9.42. The Morgan fingerprint density at radius 1 is 1.07 bits per heavy atom. The molecule has 6 nitrogen and oxygen atoms in total. The lowest BCUT2D eigenvalue weighted by atomic mass is 10.0. The number of rotatable bonds is 6. The van der Waals surface area contributed by atoms with Crippen LogP contribution in [0.3, 0.4) is 0 Å². The zero-order valence-electron chi connectivity index (χ0n) is 16.0. The van der Waals surface area contributed by atoms with Crippen LogP contribution in [0.5, 0.6) is 0 Å². The Hall–Kier alpha value is -3.02. The van der Waals surface area contributed by atoms with E-state index in [9.17, 15) is 0 Å². The maximum Gasteiger partial charge on any atom is 0.229 e. The number of anilines is 3. The Bertz CT molecular complexity index is 965. The highest BCUT2D eigenvalue weighted by Gasteiger charge is 2.25. The molecule has 27 heavy (non-hydrogen) atoms. The van der Waals surface area contributed by atoms with Crippen LogP contribution in [-0.4, -0.2) is 27.0 Å². The van der Waals surface area contributed by atoms with Crippen LogP contribution in [0.4, 0.5) is 17.5 Å². The second kappa shape index (κ2) is 7.31. The predicted octanol–water partition coefficient (Wildman–Crippen LogP) is 4.47. The number of nitrogens with zero attached hydrogens (tertiary/aromatic N) is 4. The van der Waals surface area contributed by atoms with Gasteiger partial charge in [-0.1, -0.05) is 13.0 Å². The summed E-state index contributed by atoms with van der Waals surface area (Å²) in [4.78, 5) is 17.9. The molecule has 0 aliphatic heterocycles. The quantitative estimate of drug-likeness (QED) is 0.676. The van der Waals surface area contributed by atoms with Crippen molar-refractivity contribution >= 4 is 17.5 Å². The summed E-state index contributed by atoms with van der Waals surface area (Å²) in [5.74, 6) is 1.98. The molecule has 2 N–H and O–H groups in total. The van der Waals surface area contributed by atoms with E-state index in [-0.39, 0.29) is 0 Å². The third-order valence-electron chi connectivity index (χ3n) is 4.82. The monoisotopic (exact) mass is 360 g/mol. The molecule has 1 aliphatic rings. The van der Waals surface area contributed by atoms with Crippen molar-refractivity contribution in [3.63, 3.8) is 0 Å². The fraction of sp³-hybridized carbons (Fsp3) is 0.333. The zero-order valence-corrected chi connectivity index (χ0v) is 16.0. The first-order chi connectivity index (χ1) is 13.2. The number of aromatic nitrogens is 4. The number of nitrogens with one attached hydrogen (secondary N) is 2. The van der Waals surface area contributed by atoms with Crippen molar-refractivity contribution in [3.8, 4) is 11.3 Å². The molecular weight excluding hydrogens is 336 g/mol. The third-order valence-corrected chi connectivity index (χ3v) is 4.82. The van der Waals surface area contributed by atoms with Gasteiger partial charge in [0.15, 0.2) is 0 Å². The normalized spacial score (nSPS) is 13.4. The second-order valence-corrected chi connectivity index (χ2v) is 6.92. The van der Waals surface area contributed by atoms with Crippen molar-refractivity contribution in [2.75, 3.05) is 17.7 Å². The van der Waals surface area contributed by atoms with Crippen molar-refractivity contribution in [2.24, 2.45) is 0 Å². The Morgan fingerprint density at radius 3 is 2.67 bits per heavy atom. The molecule has 1 aliphatic carbocycles. The summed E-state index contributed by atoms with van der Waals surface area (Å²) in [7, 11) is 1.85. The SMILES string of the molecule is CCc1ccc(Nc2nc(C)cc(NC)n2)cc1-c1cc(C2CC2)ncn1. The van der Waals surface area contributed by atoms with Gasteiger partial charge in [0, 0.05) is 41.7 Å². The largest absolute Gasteiger partial charge is 0.373 e. The molecule has 1 aromatic carbocycles. The van der Waals surface area contributed by atoms with E-state index < -0.39 is 0 Å². The van der Waals surface area contributed by atoms with Gasteiger partial charge in [-0.2, -0.15) is 4.98 Å². The number of aryl methyl sites for hydroxylation is 2. The minimum atomic E-state index is 0.580. The summed E-state index contributed by atoms with van der Waals surface area (Å²) < 4.78 is 0. The Kier molecular flexibility index (Phi) is 4.71. The Labute approximate surface area is 159 Å². The first kappa shape index (κ1) is 17.4. The molecule has 138 valence electrons. The van der Waals surface area contributed by atoms with Crippen molar-refractivity contribution < 1.29 is 0 Å². The smallest absolute Gasteiger partial charge is 0.229 e. The van der Waals surface area contributed by atoms with Crippen LogP contribution in [0.15, 0.2) is 36.7 Å². The van der Waals surface area contributed by atoms with Crippen LogP contribution in [-0.2, 0) is 6.42 Å². The highest BCUT2D eigenvalue weighted by molar-refractivity contribution is 5.71. The number of hydrogen-bond donors (Lipinski definition) is 2. The lowest BCUT2D eigenvalue weighted by Crippen LogP contribution is -2.03. The standard InChI is InChI=1S/C21H24N6/c1-4-14-7-8-16(26-21-25-13(2)9-20(22-3)27-21)10-17(14)19-11-18(15-5-6-15)23-12-24-19/h7-12,15H,4-6H2,1-3H3,(H2,22,25,26,27). The molecule has 0 atom stereocenters. The molecule has 1 saturated carbocycles. The highest BCUT2D eigenvalue weighted by atomic mass is 15.1. The minimum absolute atomic E-state index is 0.580. The van der Waals surface area contributed by atoms with E-state index in [0.717, 1.165) is 40.6 Å². The molecule has 0 radical (unpaired) electrons. The summed E-state index contributed by atoms with van der Waals surface area (Å²) in [6.07, 6.45) is 5.10. The van der Waals surface area contributed by atoms with Crippen molar-refractivity contribution in [1.82, 2.24) is 19.9 Å². The third kappa shape index (κ3) is 3.89. The molecule has 6 heteroatoms. The molecule has 0 saturated heterocycles. The van der Waals surface area contributed by atoms with Crippen molar-refractivity contribution in [1.29, 1.82) is 0 Å².